The van der Waals surface area contributed by atoms with E-state index in [1.54, 1.807) is 6.92 Å². The molecule has 0 amide bonds. The summed E-state index contributed by atoms with van der Waals surface area (Å²) in [5.74, 6) is -1.98. The number of benzene rings is 1. The van der Waals surface area contributed by atoms with Crippen molar-refractivity contribution in [3.05, 3.63) is 39.5 Å². The Morgan fingerprint density at radius 1 is 1.25 bits per heavy atom. The van der Waals surface area contributed by atoms with Crippen molar-refractivity contribution in [2.45, 2.75) is 52.4 Å². The monoisotopic (exact) mass is 328 g/mol. The number of hydrogen-bond acceptors (Lipinski definition) is 4. The van der Waals surface area contributed by atoms with E-state index in [4.69, 9.17) is 0 Å². The van der Waals surface area contributed by atoms with E-state index in [0.717, 1.165) is 36.0 Å². The Labute approximate surface area is 142 Å². The van der Waals surface area contributed by atoms with Crippen molar-refractivity contribution >= 4 is 17.3 Å². The molecule has 24 heavy (non-hydrogen) atoms. The van der Waals surface area contributed by atoms with Gasteiger partial charge in [0.1, 0.15) is 5.76 Å². The molecule has 1 atom stereocenters. The van der Waals surface area contributed by atoms with Gasteiger partial charge in [-0.1, -0.05) is 20.8 Å². The van der Waals surface area contributed by atoms with E-state index in [1.807, 2.05) is 13.0 Å². The van der Waals surface area contributed by atoms with Gasteiger partial charge in [-0.15, -0.1) is 0 Å². The highest BCUT2D eigenvalue weighted by Gasteiger charge is 2.39. The number of aliphatic hydroxyl groups is 2. The first-order chi connectivity index (χ1) is 11.2. The zero-order valence-corrected chi connectivity index (χ0v) is 14.7. The SMILES string of the molecule is Cc1c2c(cc3c1C(=O)C(=O)C(C(C)CO)=C3O)C(C)(C)CCC2. The number of carbonyl (C=O) groups is 2. The molecule has 0 fully saturated rings. The minimum Gasteiger partial charge on any atom is -0.507 e. The van der Waals surface area contributed by atoms with E-state index in [-0.39, 0.29) is 23.4 Å². The van der Waals surface area contributed by atoms with Crippen molar-refractivity contribution in [3.63, 3.8) is 0 Å². The Morgan fingerprint density at radius 3 is 2.54 bits per heavy atom. The van der Waals surface area contributed by atoms with E-state index < -0.39 is 17.5 Å². The summed E-state index contributed by atoms with van der Waals surface area (Å²) in [6.07, 6.45) is 3.00. The fourth-order valence-electron chi connectivity index (χ4n) is 4.14. The van der Waals surface area contributed by atoms with Gasteiger partial charge in [0, 0.05) is 23.7 Å². The highest BCUT2D eigenvalue weighted by Crippen LogP contribution is 2.43. The van der Waals surface area contributed by atoms with Crippen LogP contribution < -0.4 is 0 Å². The van der Waals surface area contributed by atoms with Crippen molar-refractivity contribution in [2.75, 3.05) is 6.61 Å². The fourth-order valence-corrected chi connectivity index (χ4v) is 4.14. The van der Waals surface area contributed by atoms with Crippen LogP contribution >= 0.6 is 0 Å². The van der Waals surface area contributed by atoms with Gasteiger partial charge in [-0.05, 0) is 54.4 Å². The zero-order valence-electron chi connectivity index (χ0n) is 14.7. The molecule has 1 aromatic rings. The lowest BCUT2D eigenvalue weighted by molar-refractivity contribution is -0.112. The van der Waals surface area contributed by atoms with Crippen LogP contribution in [0.25, 0.3) is 5.76 Å². The highest BCUT2D eigenvalue weighted by molar-refractivity contribution is 6.52. The molecule has 2 aliphatic rings. The summed E-state index contributed by atoms with van der Waals surface area (Å²) >= 11 is 0. The first-order valence-electron chi connectivity index (χ1n) is 8.51. The molecule has 0 aliphatic heterocycles. The maximum Gasteiger partial charge on any atom is 0.234 e. The second-order valence-corrected chi connectivity index (χ2v) is 7.69. The average molecular weight is 328 g/mol. The maximum absolute atomic E-state index is 12.7. The molecule has 0 heterocycles. The van der Waals surface area contributed by atoms with Gasteiger partial charge in [-0.25, -0.2) is 0 Å². The second-order valence-electron chi connectivity index (χ2n) is 7.69. The molecular weight excluding hydrogens is 304 g/mol. The molecule has 4 heteroatoms. The van der Waals surface area contributed by atoms with E-state index in [1.165, 1.54) is 0 Å². The van der Waals surface area contributed by atoms with Crippen molar-refractivity contribution in [2.24, 2.45) is 5.92 Å². The number of fused-ring (bicyclic) bond motifs is 2. The lowest BCUT2D eigenvalue weighted by Crippen LogP contribution is -2.32. The fraction of sp³-hybridized carbons (Fsp3) is 0.500. The number of carbonyl (C=O) groups excluding carboxylic acids is 2. The van der Waals surface area contributed by atoms with Crippen LogP contribution in [-0.4, -0.2) is 28.4 Å². The van der Waals surface area contributed by atoms with Crippen molar-refractivity contribution < 1.29 is 19.8 Å². The van der Waals surface area contributed by atoms with Crippen LogP contribution in [0.1, 0.15) is 66.2 Å². The van der Waals surface area contributed by atoms with Gasteiger partial charge < -0.3 is 10.2 Å². The van der Waals surface area contributed by atoms with Crippen LogP contribution in [0, 0.1) is 12.8 Å². The molecule has 2 N–H and O–H groups in total. The minimum atomic E-state index is -0.695. The van der Waals surface area contributed by atoms with Crippen LogP contribution in [0.2, 0.25) is 0 Å². The van der Waals surface area contributed by atoms with Gasteiger partial charge in [-0.2, -0.15) is 0 Å². The first kappa shape index (κ1) is 16.9. The van der Waals surface area contributed by atoms with Gasteiger partial charge in [0.05, 0.1) is 5.57 Å². The first-order valence-corrected chi connectivity index (χ1v) is 8.51. The van der Waals surface area contributed by atoms with Gasteiger partial charge >= 0.3 is 0 Å². The lowest BCUT2D eigenvalue weighted by atomic mass is 9.68. The predicted octanol–water partition coefficient (Wildman–Crippen LogP) is 3.27. The molecule has 0 bridgehead atoms. The Kier molecular flexibility index (Phi) is 3.91. The largest absolute Gasteiger partial charge is 0.507 e. The summed E-state index contributed by atoms with van der Waals surface area (Å²) in [5, 5.41) is 20.1. The molecule has 0 saturated carbocycles. The molecule has 1 unspecified atom stereocenters. The molecule has 0 saturated heterocycles. The Bertz CT molecular complexity index is 783. The molecule has 0 spiro atoms. The second kappa shape index (κ2) is 5.55. The van der Waals surface area contributed by atoms with E-state index in [9.17, 15) is 19.8 Å². The number of rotatable bonds is 2. The Morgan fingerprint density at radius 2 is 1.92 bits per heavy atom. The number of aliphatic hydroxyl groups excluding tert-OH is 2. The summed E-state index contributed by atoms with van der Waals surface area (Å²) in [4.78, 5) is 25.2. The summed E-state index contributed by atoms with van der Waals surface area (Å²) in [6.45, 7) is 7.56. The molecule has 1 aromatic carbocycles. The number of Topliss-reactive ketones (excluding diaryl/α,β-unsaturated/α-hetero) is 2. The topological polar surface area (TPSA) is 74.6 Å². The maximum atomic E-state index is 12.7. The van der Waals surface area contributed by atoms with Crippen LogP contribution in [0.5, 0.6) is 0 Å². The molecule has 2 aliphatic carbocycles. The van der Waals surface area contributed by atoms with Crippen LogP contribution in [-0.2, 0) is 16.6 Å². The van der Waals surface area contributed by atoms with Crippen LogP contribution in [0.15, 0.2) is 11.6 Å². The minimum absolute atomic E-state index is 0.0269. The third-order valence-electron chi connectivity index (χ3n) is 5.62. The normalized spacial score (nSPS) is 20.7. The van der Waals surface area contributed by atoms with Crippen molar-refractivity contribution in [1.29, 1.82) is 0 Å². The van der Waals surface area contributed by atoms with Crippen LogP contribution in [0.3, 0.4) is 0 Å². The van der Waals surface area contributed by atoms with Gasteiger partial charge in [0.15, 0.2) is 0 Å². The summed E-state index contributed by atoms with van der Waals surface area (Å²) in [6, 6.07) is 1.89. The van der Waals surface area contributed by atoms with Crippen molar-refractivity contribution in [3.8, 4) is 0 Å². The molecule has 0 aromatic heterocycles. The van der Waals surface area contributed by atoms with Crippen molar-refractivity contribution in [1.82, 2.24) is 0 Å². The third kappa shape index (κ3) is 2.24. The molecular formula is C20H24O4. The number of hydrogen-bond donors (Lipinski definition) is 2. The summed E-state index contributed by atoms with van der Waals surface area (Å²) in [7, 11) is 0. The van der Waals surface area contributed by atoms with E-state index >= 15 is 0 Å². The summed E-state index contributed by atoms with van der Waals surface area (Å²) in [5.41, 5.74) is 3.89. The molecule has 4 nitrogen and oxygen atoms in total. The van der Waals surface area contributed by atoms with E-state index in [2.05, 4.69) is 13.8 Å². The Balaban J connectivity index is 2.35. The quantitative estimate of drug-likeness (QED) is 0.817. The van der Waals surface area contributed by atoms with E-state index in [0.29, 0.717) is 11.1 Å². The average Bonchev–Trinajstić information content (AvgIpc) is 2.53. The van der Waals surface area contributed by atoms with Gasteiger partial charge in [0.2, 0.25) is 11.6 Å². The Hall–Kier alpha value is -1.94. The lowest BCUT2D eigenvalue weighted by Gasteiger charge is -2.36. The van der Waals surface area contributed by atoms with Crippen LogP contribution in [0.4, 0.5) is 0 Å². The zero-order chi connectivity index (χ0) is 17.8. The van der Waals surface area contributed by atoms with Gasteiger partial charge in [0.25, 0.3) is 0 Å². The molecule has 128 valence electrons. The summed E-state index contributed by atoms with van der Waals surface area (Å²) < 4.78 is 0. The highest BCUT2D eigenvalue weighted by atomic mass is 16.3. The molecule has 3 rings (SSSR count). The molecule has 0 radical (unpaired) electrons. The smallest absolute Gasteiger partial charge is 0.234 e. The third-order valence-corrected chi connectivity index (χ3v) is 5.62. The number of ketones is 2. The van der Waals surface area contributed by atoms with Gasteiger partial charge in [-0.3, -0.25) is 9.59 Å². The predicted molar refractivity (Wildman–Crippen MR) is 92.3 cm³/mol. The standard InChI is InChI=1S/C20H24O4/c1-10(9-21)15-17(22)13-8-14-12(6-5-7-20(14,3)4)11(2)16(13)19(24)18(15)23/h8,10,21-22H,5-7,9H2,1-4H3.